The molecule has 7 nitrogen and oxygen atoms in total. The number of carbonyl (C=O) groups is 3. The highest BCUT2D eigenvalue weighted by Gasteiger charge is 2.52. The largest absolute Gasteiger partial charge is 0.332 e. The average Bonchev–Trinajstić information content (AvgIpc) is 3.05. The lowest BCUT2D eigenvalue weighted by atomic mass is 9.95. The molecule has 3 saturated heterocycles. The molecule has 3 aliphatic heterocycles. The number of aryl methyl sites for hydroxylation is 1. The Bertz CT molecular complexity index is 733. The van der Waals surface area contributed by atoms with Crippen LogP contribution in [0, 0.1) is 6.92 Å². The monoisotopic (exact) mass is 356 g/mol. The van der Waals surface area contributed by atoms with E-state index in [-0.39, 0.29) is 29.9 Å². The third-order valence-electron chi connectivity index (χ3n) is 5.63. The van der Waals surface area contributed by atoms with Crippen molar-refractivity contribution in [2.45, 2.75) is 50.7 Å². The second-order valence-electron chi connectivity index (χ2n) is 7.38. The summed E-state index contributed by atoms with van der Waals surface area (Å²) < 4.78 is 0. The van der Waals surface area contributed by atoms with Crippen LogP contribution in [0.4, 0.5) is 10.5 Å². The van der Waals surface area contributed by atoms with Gasteiger partial charge in [-0.25, -0.2) is 4.79 Å². The number of rotatable bonds is 2. The first-order valence-corrected chi connectivity index (χ1v) is 9.30. The molecule has 26 heavy (non-hydrogen) atoms. The van der Waals surface area contributed by atoms with Crippen molar-refractivity contribution >= 4 is 23.5 Å². The van der Waals surface area contributed by atoms with E-state index in [2.05, 4.69) is 10.6 Å². The van der Waals surface area contributed by atoms with Gasteiger partial charge < -0.3 is 20.4 Å². The number of anilines is 1. The van der Waals surface area contributed by atoms with Crippen LogP contribution in [0.1, 0.15) is 31.2 Å². The van der Waals surface area contributed by atoms with E-state index in [9.17, 15) is 14.4 Å². The summed E-state index contributed by atoms with van der Waals surface area (Å²) in [4.78, 5) is 41.4. The van der Waals surface area contributed by atoms with E-state index in [0.29, 0.717) is 25.2 Å². The fraction of sp³-hybridized carbons (Fsp3) is 0.526. The molecule has 0 aromatic heterocycles. The van der Waals surface area contributed by atoms with Crippen LogP contribution in [0.15, 0.2) is 24.3 Å². The third kappa shape index (κ3) is 2.91. The van der Waals surface area contributed by atoms with Crippen molar-refractivity contribution in [1.82, 2.24) is 15.1 Å². The van der Waals surface area contributed by atoms with Crippen molar-refractivity contribution < 1.29 is 14.4 Å². The topological polar surface area (TPSA) is 81.8 Å². The number of nitrogens with one attached hydrogen (secondary N) is 2. The van der Waals surface area contributed by atoms with Crippen molar-refractivity contribution in [3.8, 4) is 0 Å². The highest BCUT2D eigenvalue weighted by molar-refractivity contribution is 5.99. The Labute approximate surface area is 152 Å². The molecular formula is C19H24N4O3. The Balaban J connectivity index is 1.45. The summed E-state index contributed by atoms with van der Waals surface area (Å²) in [5.74, 6) is 0.0185. The summed E-state index contributed by atoms with van der Waals surface area (Å²) >= 11 is 0. The number of fused-ring (bicyclic) bond motifs is 2. The first-order chi connectivity index (χ1) is 12.5. The van der Waals surface area contributed by atoms with Crippen LogP contribution in [0.2, 0.25) is 0 Å². The second kappa shape index (κ2) is 6.63. The van der Waals surface area contributed by atoms with Gasteiger partial charge in [0.2, 0.25) is 11.8 Å². The number of amides is 4. The molecule has 0 spiro atoms. The molecule has 1 aromatic rings. The zero-order valence-corrected chi connectivity index (χ0v) is 14.9. The fourth-order valence-corrected chi connectivity index (χ4v) is 4.28. The minimum Gasteiger partial charge on any atom is -0.332 e. The Morgan fingerprint density at radius 3 is 2.54 bits per heavy atom. The third-order valence-corrected chi connectivity index (χ3v) is 5.63. The molecule has 0 saturated carbocycles. The Hall–Kier alpha value is -2.57. The lowest BCUT2D eigenvalue weighted by molar-refractivity contribution is -0.161. The van der Waals surface area contributed by atoms with Crippen LogP contribution in [-0.4, -0.2) is 58.9 Å². The summed E-state index contributed by atoms with van der Waals surface area (Å²) in [5.41, 5.74) is 1.81. The number of nitrogens with zero attached hydrogens (tertiary/aromatic N) is 2. The Morgan fingerprint density at radius 2 is 1.77 bits per heavy atom. The van der Waals surface area contributed by atoms with Gasteiger partial charge in [-0.15, -0.1) is 0 Å². The summed E-state index contributed by atoms with van der Waals surface area (Å²) in [6.07, 6.45) is 3.28. The SMILES string of the molecule is Cc1ccc(NC(=O)NC2CCN3C(=O)C4CCCCN4C(=O)C23)cc1. The second-order valence-corrected chi connectivity index (χ2v) is 7.38. The quantitative estimate of drug-likeness (QED) is 0.842. The molecule has 4 rings (SSSR count). The maximum atomic E-state index is 12.9. The van der Waals surface area contributed by atoms with Crippen molar-refractivity contribution in [2.24, 2.45) is 0 Å². The minimum absolute atomic E-state index is 0.0209. The van der Waals surface area contributed by atoms with Crippen molar-refractivity contribution in [3.63, 3.8) is 0 Å². The molecule has 3 atom stereocenters. The van der Waals surface area contributed by atoms with E-state index < -0.39 is 6.04 Å². The van der Waals surface area contributed by atoms with Gasteiger partial charge in [0, 0.05) is 18.8 Å². The van der Waals surface area contributed by atoms with Crippen molar-refractivity contribution in [3.05, 3.63) is 29.8 Å². The van der Waals surface area contributed by atoms with Crippen LogP contribution in [0.3, 0.4) is 0 Å². The van der Waals surface area contributed by atoms with Gasteiger partial charge in [0.25, 0.3) is 0 Å². The van der Waals surface area contributed by atoms with Gasteiger partial charge in [0.15, 0.2) is 0 Å². The van der Waals surface area contributed by atoms with Gasteiger partial charge in [-0.3, -0.25) is 9.59 Å². The Morgan fingerprint density at radius 1 is 1.00 bits per heavy atom. The predicted octanol–water partition coefficient (Wildman–Crippen LogP) is 1.48. The number of piperidine rings is 1. The predicted molar refractivity (Wildman–Crippen MR) is 96.6 cm³/mol. The minimum atomic E-state index is -0.569. The molecule has 7 heteroatoms. The molecule has 138 valence electrons. The number of urea groups is 1. The van der Waals surface area contributed by atoms with Gasteiger partial charge in [0.1, 0.15) is 12.1 Å². The molecule has 3 heterocycles. The van der Waals surface area contributed by atoms with E-state index in [0.717, 1.165) is 24.8 Å². The van der Waals surface area contributed by atoms with Crippen LogP contribution in [0.5, 0.6) is 0 Å². The van der Waals surface area contributed by atoms with E-state index in [4.69, 9.17) is 0 Å². The standard InChI is InChI=1S/C19H24N4O3/c1-12-5-7-13(8-6-12)20-19(26)21-14-9-11-23-16(14)18(25)22-10-3-2-4-15(22)17(23)24/h5-8,14-16H,2-4,9-11H2,1H3,(H2,20,21,26). The van der Waals surface area contributed by atoms with Crippen molar-refractivity contribution in [2.75, 3.05) is 18.4 Å². The lowest BCUT2D eigenvalue weighted by Crippen LogP contribution is -2.67. The highest BCUT2D eigenvalue weighted by atomic mass is 16.2. The molecule has 2 N–H and O–H groups in total. The maximum Gasteiger partial charge on any atom is 0.319 e. The van der Waals surface area contributed by atoms with Crippen LogP contribution in [0.25, 0.3) is 0 Å². The first kappa shape index (κ1) is 16.9. The van der Waals surface area contributed by atoms with E-state index in [1.54, 1.807) is 9.80 Å². The van der Waals surface area contributed by atoms with Crippen molar-refractivity contribution in [1.29, 1.82) is 0 Å². The highest BCUT2D eigenvalue weighted by Crippen LogP contribution is 2.31. The summed E-state index contributed by atoms with van der Waals surface area (Å²) in [5, 5.41) is 5.69. The number of piperazine rings is 1. The molecule has 3 aliphatic rings. The summed E-state index contributed by atoms with van der Waals surface area (Å²) in [6, 6.07) is 5.96. The van der Waals surface area contributed by atoms with Gasteiger partial charge in [0.05, 0.1) is 6.04 Å². The van der Waals surface area contributed by atoms with Gasteiger partial charge >= 0.3 is 6.03 Å². The molecule has 4 amide bonds. The smallest absolute Gasteiger partial charge is 0.319 e. The van der Waals surface area contributed by atoms with E-state index in [1.165, 1.54) is 0 Å². The Kier molecular flexibility index (Phi) is 4.30. The number of benzene rings is 1. The van der Waals surface area contributed by atoms with Gasteiger partial charge in [-0.05, 0) is 44.7 Å². The number of hydrogen-bond acceptors (Lipinski definition) is 3. The molecular weight excluding hydrogens is 332 g/mol. The molecule has 0 radical (unpaired) electrons. The first-order valence-electron chi connectivity index (χ1n) is 9.30. The van der Waals surface area contributed by atoms with Gasteiger partial charge in [-0.1, -0.05) is 17.7 Å². The molecule has 0 aliphatic carbocycles. The average molecular weight is 356 g/mol. The maximum absolute atomic E-state index is 12.9. The molecule has 3 fully saturated rings. The zero-order chi connectivity index (χ0) is 18.3. The summed E-state index contributed by atoms with van der Waals surface area (Å²) in [6.45, 7) is 3.15. The van der Waals surface area contributed by atoms with E-state index in [1.807, 2.05) is 31.2 Å². The summed E-state index contributed by atoms with van der Waals surface area (Å²) in [7, 11) is 0. The number of hydrogen-bond donors (Lipinski definition) is 2. The zero-order valence-electron chi connectivity index (χ0n) is 14.9. The molecule has 0 bridgehead atoms. The van der Waals surface area contributed by atoms with Gasteiger partial charge in [-0.2, -0.15) is 0 Å². The fourth-order valence-electron chi connectivity index (χ4n) is 4.28. The molecule has 3 unspecified atom stereocenters. The normalized spacial score (nSPS) is 27.8. The van der Waals surface area contributed by atoms with Crippen LogP contribution < -0.4 is 10.6 Å². The van der Waals surface area contributed by atoms with E-state index >= 15 is 0 Å². The van der Waals surface area contributed by atoms with Crippen LogP contribution in [-0.2, 0) is 9.59 Å². The molecule has 1 aromatic carbocycles. The number of carbonyl (C=O) groups excluding carboxylic acids is 3. The van der Waals surface area contributed by atoms with Crippen LogP contribution >= 0.6 is 0 Å². The lowest BCUT2D eigenvalue weighted by Gasteiger charge is -2.45.